The van der Waals surface area contributed by atoms with E-state index in [9.17, 15) is 9.90 Å². The van der Waals surface area contributed by atoms with Crippen molar-refractivity contribution < 1.29 is 9.90 Å². The summed E-state index contributed by atoms with van der Waals surface area (Å²) in [6.07, 6.45) is 20.8. The van der Waals surface area contributed by atoms with Crippen LogP contribution in [0.2, 0.25) is 0 Å². The second-order valence-corrected chi connectivity index (χ2v) is 19.7. The van der Waals surface area contributed by atoms with E-state index in [0.717, 1.165) is 36.6 Å². The van der Waals surface area contributed by atoms with Crippen LogP contribution in [0.5, 0.6) is 0 Å². The molecule has 0 radical (unpaired) electrons. The van der Waals surface area contributed by atoms with Crippen LogP contribution in [0.4, 0.5) is 0 Å². The molecule has 0 aromatic heterocycles. The standard InChI is InChI=1S/C41H68N2O2S/c1-8-10-29(12-15-36(44)45)31-16-20-40(7)34(38(31,4)5)18-21-39(6)32-17-22-41(19-9-11-33(41)30(32)13-14-35(39)40)28-42-27-37(2,3)43-23-25-46-26-24-43/h10,16,30,32-35,42H,8-9,11-15,17-28H2,1-7H3,(H,44,45)/b29-10+/t30-,32?,33?,34?,35?,39-,40-,41+/m0/s1. The Morgan fingerprint density at radius 3 is 2.46 bits per heavy atom. The van der Waals surface area contributed by atoms with Gasteiger partial charge in [0.05, 0.1) is 0 Å². The zero-order valence-corrected chi connectivity index (χ0v) is 31.5. The Balaban J connectivity index is 1.18. The van der Waals surface area contributed by atoms with Crippen molar-refractivity contribution in [1.82, 2.24) is 10.2 Å². The Hall–Kier alpha value is -0.780. The highest BCUT2D eigenvalue weighted by Gasteiger charge is 2.65. The first kappa shape index (κ1) is 35.1. The fourth-order valence-electron chi connectivity index (χ4n) is 13.5. The van der Waals surface area contributed by atoms with Gasteiger partial charge in [-0.3, -0.25) is 9.69 Å². The molecule has 5 aliphatic carbocycles. The number of carbonyl (C=O) groups is 1. The number of nitrogens with one attached hydrogen (secondary N) is 1. The Morgan fingerprint density at radius 2 is 1.74 bits per heavy atom. The second kappa shape index (κ2) is 13.2. The number of nitrogens with zero attached hydrogens (tertiary/aromatic N) is 1. The third-order valence-electron chi connectivity index (χ3n) is 15.6. The highest BCUT2D eigenvalue weighted by Crippen LogP contribution is 2.73. The van der Waals surface area contributed by atoms with Crippen LogP contribution in [0, 0.1) is 51.2 Å². The first-order chi connectivity index (χ1) is 21.8. The van der Waals surface area contributed by atoms with Crippen molar-refractivity contribution in [3.05, 3.63) is 23.3 Å². The van der Waals surface area contributed by atoms with E-state index in [4.69, 9.17) is 0 Å². The topological polar surface area (TPSA) is 52.6 Å². The van der Waals surface area contributed by atoms with E-state index in [1.54, 1.807) is 0 Å². The van der Waals surface area contributed by atoms with Crippen molar-refractivity contribution in [2.75, 3.05) is 37.7 Å². The number of rotatable bonds is 10. The maximum Gasteiger partial charge on any atom is 0.303 e. The van der Waals surface area contributed by atoms with Gasteiger partial charge in [0.25, 0.3) is 0 Å². The van der Waals surface area contributed by atoms with Crippen molar-refractivity contribution >= 4 is 17.7 Å². The van der Waals surface area contributed by atoms with Gasteiger partial charge in [0.1, 0.15) is 0 Å². The normalized spacial score (nSPS) is 41.2. The minimum absolute atomic E-state index is 0.0876. The van der Waals surface area contributed by atoms with Gasteiger partial charge in [-0.05, 0) is 147 Å². The smallest absolute Gasteiger partial charge is 0.303 e. The molecule has 1 aliphatic heterocycles. The molecule has 1 heterocycles. The Labute approximate surface area is 286 Å². The molecule has 4 saturated carbocycles. The van der Waals surface area contributed by atoms with Gasteiger partial charge in [-0.15, -0.1) is 0 Å². The molecule has 46 heavy (non-hydrogen) atoms. The quantitative estimate of drug-likeness (QED) is 0.246. The summed E-state index contributed by atoms with van der Waals surface area (Å²) in [6.45, 7) is 22.4. The molecule has 5 fully saturated rings. The van der Waals surface area contributed by atoms with Crippen LogP contribution >= 0.6 is 11.8 Å². The Kier molecular flexibility index (Phi) is 10.0. The number of carboxylic acids is 1. The number of allylic oxidation sites excluding steroid dienone is 4. The average Bonchev–Trinajstić information content (AvgIpc) is 3.44. The molecule has 0 amide bonds. The number of hydrogen-bond donors (Lipinski definition) is 2. The minimum Gasteiger partial charge on any atom is -0.481 e. The third-order valence-corrected chi connectivity index (χ3v) is 16.5. The number of hydrogen-bond acceptors (Lipinski definition) is 4. The van der Waals surface area contributed by atoms with Crippen LogP contribution < -0.4 is 5.32 Å². The zero-order valence-electron chi connectivity index (χ0n) is 30.7. The molecule has 6 rings (SSSR count). The predicted molar refractivity (Wildman–Crippen MR) is 195 cm³/mol. The van der Waals surface area contributed by atoms with Gasteiger partial charge in [0.2, 0.25) is 0 Å². The lowest BCUT2D eigenvalue weighted by Crippen LogP contribution is -2.61. The van der Waals surface area contributed by atoms with Gasteiger partial charge in [0, 0.05) is 49.6 Å². The summed E-state index contributed by atoms with van der Waals surface area (Å²) in [7, 11) is 0. The van der Waals surface area contributed by atoms with Crippen LogP contribution in [0.1, 0.15) is 132 Å². The molecule has 0 spiro atoms. The molecule has 260 valence electrons. The predicted octanol–water partition coefficient (Wildman–Crippen LogP) is 9.61. The summed E-state index contributed by atoms with van der Waals surface area (Å²) >= 11 is 2.12. The van der Waals surface area contributed by atoms with E-state index in [1.165, 1.54) is 106 Å². The largest absolute Gasteiger partial charge is 0.481 e. The molecule has 8 atom stereocenters. The van der Waals surface area contributed by atoms with E-state index >= 15 is 0 Å². The summed E-state index contributed by atoms with van der Waals surface area (Å²) in [6, 6.07) is 0. The summed E-state index contributed by atoms with van der Waals surface area (Å²) in [5.41, 5.74) is 4.43. The first-order valence-corrected chi connectivity index (χ1v) is 20.6. The maximum absolute atomic E-state index is 11.5. The molecule has 4 unspecified atom stereocenters. The van der Waals surface area contributed by atoms with Crippen molar-refractivity contribution in [3.8, 4) is 0 Å². The minimum atomic E-state index is -0.679. The molecule has 4 nitrogen and oxygen atoms in total. The van der Waals surface area contributed by atoms with Gasteiger partial charge in [-0.2, -0.15) is 11.8 Å². The maximum atomic E-state index is 11.5. The molecule has 0 aromatic rings. The van der Waals surface area contributed by atoms with Crippen molar-refractivity contribution in [1.29, 1.82) is 0 Å². The fourth-order valence-corrected chi connectivity index (χ4v) is 14.5. The molecule has 6 aliphatic rings. The Bertz CT molecular complexity index is 1180. The van der Waals surface area contributed by atoms with E-state index in [-0.39, 0.29) is 17.4 Å². The van der Waals surface area contributed by atoms with Gasteiger partial charge in [-0.1, -0.05) is 53.2 Å². The van der Waals surface area contributed by atoms with Gasteiger partial charge in [-0.25, -0.2) is 0 Å². The van der Waals surface area contributed by atoms with Gasteiger partial charge < -0.3 is 10.4 Å². The molecule has 5 heteroatoms. The van der Waals surface area contributed by atoms with E-state index < -0.39 is 5.97 Å². The van der Waals surface area contributed by atoms with Crippen molar-refractivity contribution in [3.63, 3.8) is 0 Å². The highest BCUT2D eigenvalue weighted by molar-refractivity contribution is 7.99. The molecule has 0 bridgehead atoms. The Morgan fingerprint density at radius 1 is 0.978 bits per heavy atom. The van der Waals surface area contributed by atoms with E-state index in [2.05, 4.69) is 82.6 Å². The monoisotopic (exact) mass is 653 g/mol. The average molecular weight is 653 g/mol. The number of thioether (sulfide) groups is 1. The third kappa shape index (κ3) is 6.01. The van der Waals surface area contributed by atoms with Crippen LogP contribution in [-0.2, 0) is 4.79 Å². The molecule has 2 N–H and O–H groups in total. The lowest BCUT2D eigenvalue weighted by Gasteiger charge is -2.68. The first-order valence-electron chi connectivity index (χ1n) is 19.4. The second-order valence-electron chi connectivity index (χ2n) is 18.5. The summed E-state index contributed by atoms with van der Waals surface area (Å²) < 4.78 is 0. The summed E-state index contributed by atoms with van der Waals surface area (Å²) in [5, 5.41) is 13.6. The van der Waals surface area contributed by atoms with E-state index in [1.807, 2.05) is 0 Å². The molecular formula is C41H68N2O2S. The summed E-state index contributed by atoms with van der Waals surface area (Å²) in [4.78, 5) is 14.3. The van der Waals surface area contributed by atoms with Crippen molar-refractivity contribution in [2.24, 2.45) is 51.2 Å². The highest BCUT2D eigenvalue weighted by atomic mass is 32.2. The fraction of sp³-hybridized carbons (Fsp3) is 0.878. The van der Waals surface area contributed by atoms with Crippen LogP contribution in [-0.4, -0.2) is 59.2 Å². The number of fused-ring (bicyclic) bond motifs is 7. The van der Waals surface area contributed by atoms with Crippen LogP contribution in [0.3, 0.4) is 0 Å². The van der Waals surface area contributed by atoms with Gasteiger partial charge >= 0.3 is 5.97 Å². The summed E-state index contributed by atoms with van der Waals surface area (Å²) in [5.74, 6) is 6.09. The molecular weight excluding hydrogens is 585 g/mol. The lowest BCUT2D eigenvalue weighted by molar-refractivity contribution is -0.180. The van der Waals surface area contributed by atoms with Crippen LogP contribution in [0.15, 0.2) is 23.3 Å². The van der Waals surface area contributed by atoms with Crippen molar-refractivity contribution in [2.45, 2.75) is 137 Å². The SMILES string of the molecule is CC/C=C(\CCC(=O)O)C1=CC[C@@]2(C)C(CC[C@@]3(C)C4CC[C@@]5(CNCC(C)(C)N6CCSCC6)CCCC5[C@H]4CCC32)C1(C)C. The zero-order chi connectivity index (χ0) is 33.0. The number of carboxylic acid groups (broad SMARTS) is 1. The van der Waals surface area contributed by atoms with Crippen LogP contribution in [0.25, 0.3) is 0 Å². The van der Waals surface area contributed by atoms with Gasteiger partial charge in [0.15, 0.2) is 0 Å². The number of aliphatic carboxylic acids is 1. The molecule has 1 saturated heterocycles. The van der Waals surface area contributed by atoms with E-state index in [0.29, 0.717) is 28.6 Å². The lowest BCUT2D eigenvalue weighted by atomic mass is 9.36. The molecule has 0 aromatic carbocycles.